The Morgan fingerprint density at radius 1 is 0.717 bits per heavy atom. The summed E-state index contributed by atoms with van der Waals surface area (Å²) in [5, 5.41) is 19.3. The van der Waals surface area contributed by atoms with Crippen molar-refractivity contribution in [3.8, 4) is 11.5 Å². The zero-order valence-corrected chi connectivity index (χ0v) is 32.6. The number of ether oxygens (including phenoxy) is 4. The molecule has 0 saturated heterocycles. The number of carboxylic acid groups (broad SMARTS) is 2. The Labute approximate surface area is 315 Å². The Kier molecular flexibility index (Phi) is 9.83. The van der Waals surface area contributed by atoms with Crippen LogP contribution in [0.3, 0.4) is 0 Å². The van der Waals surface area contributed by atoms with Gasteiger partial charge >= 0.3 is 11.9 Å². The number of carboxylic acids is 2. The highest BCUT2D eigenvalue weighted by Gasteiger charge is 2.71. The van der Waals surface area contributed by atoms with Gasteiger partial charge in [-0.05, 0) is 147 Å². The van der Waals surface area contributed by atoms with E-state index in [1.807, 2.05) is 0 Å². The fraction of sp³-hybridized carbons (Fsp3) is 0.644. The average Bonchev–Trinajstić information content (AvgIpc) is 3.50. The van der Waals surface area contributed by atoms with Crippen molar-refractivity contribution in [3.63, 3.8) is 0 Å². The van der Waals surface area contributed by atoms with Crippen LogP contribution in [0.1, 0.15) is 126 Å². The van der Waals surface area contributed by atoms with Crippen LogP contribution < -0.4 is 9.47 Å². The highest BCUT2D eigenvalue weighted by Crippen LogP contribution is 2.76. The number of allylic oxidation sites excluding steroid dienone is 1. The minimum atomic E-state index is -1.00. The van der Waals surface area contributed by atoms with Crippen LogP contribution in [0.5, 0.6) is 11.5 Å². The Morgan fingerprint density at radius 2 is 1.34 bits per heavy atom. The smallest absolute Gasteiger partial charge is 0.339 e. The number of rotatable bonds is 11. The van der Waals surface area contributed by atoms with Gasteiger partial charge in [0.1, 0.15) is 22.6 Å². The maximum Gasteiger partial charge on any atom is 0.339 e. The predicted octanol–water partition coefficient (Wildman–Crippen LogP) is 10.3. The average molecular weight is 729 g/mol. The number of fused-ring (bicyclic) bond motifs is 7. The van der Waals surface area contributed by atoms with E-state index in [4.69, 9.17) is 18.9 Å². The third-order valence-corrected chi connectivity index (χ3v) is 16.2. The molecule has 2 N–H and O–H groups in total. The lowest BCUT2D eigenvalue weighted by Crippen LogP contribution is -2.67. The standard InChI is InChI=1S/C45H60O8/c1-28(2)29-18-23-45(53-27-51-34-15-11-9-13-31(34)40(48)49)25-24-43(6)32(38(29)45)16-17-36-42(5)21-20-37(41(3,4)35(42)19-22-44(36,43)7)52-26-50-33-14-10-8-12-30(33)39(46)47/h8-15,29,32,35-38H,1,16-27H2,2-7H3,(H,46,47)(H,48,49)/t29?,32?,35?,36?,37?,38?,42-,43-,44+,45?/m0/s1. The summed E-state index contributed by atoms with van der Waals surface area (Å²) in [6.45, 7) is 19.4. The molecule has 0 aromatic heterocycles. The molecule has 7 unspecified atom stereocenters. The molecular weight excluding hydrogens is 668 g/mol. The van der Waals surface area contributed by atoms with Crippen molar-refractivity contribution in [2.45, 2.75) is 117 Å². The lowest BCUT2D eigenvalue weighted by Gasteiger charge is -2.73. The minimum Gasteiger partial charge on any atom is -0.478 e. The van der Waals surface area contributed by atoms with Crippen LogP contribution >= 0.6 is 0 Å². The van der Waals surface area contributed by atoms with Gasteiger partial charge in [0.2, 0.25) is 0 Å². The van der Waals surface area contributed by atoms with Crippen molar-refractivity contribution in [3.05, 3.63) is 71.8 Å². The van der Waals surface area contributed by atoms with E-state index in [1.54, 1.807) is 48.5 Å². The van der Waals surface area contributed by atoms with Crippen LogP contribution in [0, 0.1) is 51.2 Å². The fourth-order valence-electron chi connectivity index (χ4n) is 13.5. The summed E-state index contributed by atoms with van der Waals surface area (Å²) in [5.74, 6) is 1.04. The van der Waals surface area contributed by atoms with Crippen LogP contribution in [0.25, 0.3) is 0 Å². The van der Waals surface area contributed by atoms with Gasteiger partial charge in [0.05, 0.1) is 11.7 Å². The molecule has 0 spiro atoms. The first-order valence-electron chi connectivity index (χ1n) is 19.9. The summed E-state index contributed by atoms with van der Waals surface area (Å²) in [4.78, 5) is 23.6. The lowest BCUT2D eigenvalue weighted by molar-refractivity contribution is -0.268. The molecule has 5 saturated carbocycles. The molecule has 0 radical (unpaired) electrons. The summed E-state index contributed by atoms with van der Waals surface area (Å²) >= 11 is 0. The number of hydrogen-bond donors (Lipinski definition) is 2. The van der Waals surface area contributed by atoms with E-state index in [9.17, 15) is 19.8 Å². The highest BCUT2D eigenvalue weighted by atomic mass is 16.7. The molecule has 7 rings (SSSR count). The topological polar surface area (TPSA) is 112 Å². The molecule has 2 aromatic carbocycles. The van der Waals surface area contributed by atoms with Gasteiger partial charge in [-0.25, -0.2) is 9.59 Å². The molecule has 0 bridgehead atoms. The van der Waals surface area contributed by atoms with Gasteiger partial charge < -0.3 is 29.2 Å². The van der Waals surface area contributed by atoms with E-state index in [2.05, 4.69) is 48.1 Å². The zero-order chi connectivity index (χ0) is 38.0. The zero-order valence-electron chi connectivity index (χ0n) is 32.6. The van der Waals surface area contributed by atoms with Crippen molar-refractivity contribution >= 4 is 11.9 Å². The van der Waals surface area contributed by atoms with Gasteiger partial charge in [-0.1, -0.05) is 71.0 Å². The molecule has 5 aliphatic carbocycles. The van der Waals surface area contributed by atoms with E-state index in [-0.39, 0.29) is 58.1 Å². The number of carbonyl (C=O) groups is 2. The Morgan fingerprint density at radius 3 is 1.96 bits per heavy atom. The Balaban J connectivity index is 1.09. The van der Waals surface area contributed by atoms with Crippen molar-refractivity contribution in [1.82, 2.24) is 0 Å². The number of benzene rings is 2. The molecule has 5 aliphatic rings. The molecule has 10 atom stereocenters. The normalized spacial score (nSPS) is 38.4. The molecule has 288 valence electrons. The monoisotopic (exact) mass is 728 g/mol. The fourth-order valence-corrected chi connectivity index (χ4v) is 13.5. The third-order valence-electron chi connectivity index (χ3n) is 16.2. The molecule has 0 amide bonds. The van der Waals surface area contributed by atoms with Crippen molar-refractivity contribution in [2.24, 2.45) is 51.2 Å². The van der Waals surface area contributed by atoms with Gasteiger partial charge in [0.15, 0.2) is 13.6 Å². The van der Waals surface area contributed by atoms with Crippen LogP contribution in [-0.4, -0.2) is 47.4 Å². The van der Waals surface area contributed by atoms with E-state index in [1.165, 1.54) is 24.8 Å². The second-order valence-electron chi connectivity index (χ2n) is 18.5. The molecule has 8 nitrogen and oxygen atoms in total. The number of hydrogen-bond acceptors (Lipinski definition) is 6. The second kappa shape index (κ2) is 13.7. The van der Waals surface area contributed by atoms with Crippen LogP contribution in [0.15, 0.2) is 60.7 Å². The molecule has 0 aliphatic heterocycles. The number of para-hydroxylation sites is 2. The summed E-state index contributed by atoms with van der Waals surface area (Å²) in [7, 11) is 0. The first-order valence-corrected chi connectivity index (χ1v) is 19.9. The van der Waals surface area contributed by atoms with Gasteiger partial charge in [0, 0.05) is 0 Å². The van der Waals surface area contributed by atoms with Crippen LogP contribution in [0.4, 0.5) is 0 Å². The third kappa shape index (κ3) is 6.01. The quantitative estimate of drug-likeness (QED) is 0.174. The van der Waals surface area contributed by atoms with E-state index < -0.39 is 11.9 Å². The summed E-state index contributed by atoms with van der Waals surface area (Å²) in [6, 6.07) is 13.5. The van der Waals surface area contributed by atoms with E-state index >= 15 is 0 Å². The summed E-state index contributed by atoms with van der Waals surface area (Å²) < 4.78 is 25.4. The molecule has 8 heteroatoms. The Hall–Kier alpha value is -3.36. The van der Waals surface area contributed by atoms with Gasteiger partial charge in [-0.15, -0.1) is 0 Å². The van der Waals surface area contributed by atoms with Crippen LogP contribution in [0.2, 0.25) is 0 Å². The van der Waals surface area contributed by atoms with Gasteiger partial charge in [-0.3, -0.25) is 0 Å². The lowest BCUT2D eigenvalue weighted by atomic mass is 9.33. The number of aromatic carboxylic acids is 2. The molecule has 0 heterocycles. The molecule has 2 aromatic rings. The van der Waals surface area contributed by atoms with Gasteiger partial charge in [-0.2, -0.15) is 0 Å². The highest BCUT2D eigenvalue weighted by molar-refractivity contribution is 5.91. The second-order valence-corrected chi connectivity index (χ2v) is 18.5. The van der Waals surface area contributed by atoms with Gasteiger partial charge in [0.25, 0.3) is 0 Å². The predicted molar refractivity (Wildman–Crippen MR) is 203 cm³/mol. The molecule has 5 fully saturated rings. The Bertz CT molecular complexity index is 1730. The van der Waals surface area contributed by atoms with Crippen LogP contribution in [-0.2, 0) is 9.47 Å². The maximum absolute atomic E-state index is 11.8. The van der Waals surface area contributed by atoms with Crippen molar-refractivity contribution < 1.29 is 38.7 Å². The van der Waals surface area contributed by atoms with E-state index in [0.717, 1.165) is 44.9 Å². The largest absolute Gasteiger partial charge is 0.478 e. The first-order chi connectivity index (χ1) is 25.1. The van der Waals surface area contributed by atoms with Crippen molar-refractivity contribution in [2.75, 3.05) is 13.6 Å². The summed E-state index contributed by atoms with van der Waals surface area (Å²) in [6.07, 6.45) is 11.0. The molecule has 53 heavy (non-hydrogen) atoms. The SMILES string of the molecule is C=C(C)C1CCC2(OCOc3ccccc3C(=O)O)CC[C@@]3(C)C(CCC4[C@@]5(C)CCC(OCOc6ccccc6C(=O)O)C(C)(C)C5CC[C@]43C)C12. The summed E-state index contributed by atoms with van der Waals surface area (Å²) in [5.41, 5.74) is 1.70. The first kappa shape index (κ1) is 37.9. The minimum absolute atomic E-state index is 0.0285. The maximum atomic E-state index is 11.8. The molecular formula is C45H60O8. The van der Waals surface area contributed by atoms with Crippen molar-refractivity contribution in [1.29, 1.82) is 0 Å². The van der Waals surface area contributed by atoms with E-state index in [0.29, 0.717) is 41.1 Å².